The average molecular weight is 379 g/mol. The summed E-state index contributed by atoms with van der Waals surface area (Å²) in [5.41, 5.74) is 9.75. The zero-order valence-corrected chi connectivity index (χ0v) is 16.2. The van der Waals surface area contributed by atoms with E-state index >= 15 is 0 Å². The van der Waals surface area contributed by atoms with E-state index in [0.717, 1.165) is 29.8 Å². The first-order valence-corrected chi connectivity index (χ1v) is 9.85. The number of nitrogens with zero attached hydrogens (tertiary/aromatic N) is 1. The summed E-state index contributed by atoms with van der Waals surface area (Å²) in [6, 6.07) is 26.5. The van der Waals surface area contributed by atoms with Crippen LogP contribution in [-0.4, -0.2) is 15.6 Å². The first kappa shape index (κ1) is 17.5. The van der Waals surface area contributed by atoms with Crippen molar-refractivity contribution in [1.29, 1.82) is 0 Å². The van der Waals surface area contributed by atoms with Gasteiger partial charge >= 0.3 is 5.97 Å². The monoisotopic (exact) mass is 379 g/mol. The molecule has 142 valence electrons. The van der Waals surface area contributed by atoms with Crippen LogP contribution in [0.2, 0.25) is 0 Å². The standard InChI is InChI=1S/C26H21NO2/c1-17-6-4-8-19(14-17)25-16-23-22-11-3-2-7-18(22)12-13-24(23)27(25)21-10-5-9-20(15-21)26(28)29/h2-11,14-16H,12-13H2,1H3,(H,28,29). The van der Waals surface area contributed by atoms with Crippen LogP contribution in [0.5, 0.6) is 0 Å². The highest BCUT2D eigenvalue weighted by atomic mass is 16.4. The van der Waals surface area contributed by atoms with Crippen molar-refractivity contribution in [3.8, 4) is 28.1 Å². The molecule has 0 atom stereocenters. The number of fused-ring (bicyclic) bond motifs is 3. The number of rotatable bonds is 3. The molecule has 1 N–H and O–H groups in total. The van der Waals surface area contributed by atoms with Crippen LogP contribution in [0.25, 0.3) is 28.1 Å². The Hall–Kier alpha value is -3.59. The lowest BCUT2D eigenvalue weighted by atomic mass is 9.90. The van der Waals surface area contributed by atoms with E-state index < -0.39 is 5.97 Å². The SMILES string of the molecule is Cc1cccc(-c2cc3c(n2-c2cccc(C(=O)O)c2)CCc2ccccc2-3)c1. The molecular weight excluding hydrogens is 358 g/mol. The second kappa shape index (κ2) is 6.78. The van der Waals surface area contributed by atoms with E-state index in [4.69, 9.17) is 0 Å². The molecule has 0 fully saturated rings. The van der Waals surface area contributed by atoms with Gasteiger partial charge < -0.3 is 9.67 Å². The fourth-order valence-electron chi connectivity index (χ4n) is 4.37. The van der Waals surface area contributed by atoms with Crippen LogP contribution >= 0.6 is 0 Å². The molecule has 3 nitrogen and oxygen atoms in total. The maximum atomic E-state index is 11.6. The Morgan fingerprint density at radius 2 is 1.69 bits per heavy atom. The molecule has 0 amide bonds. The van der Waals surface area contributed by atoms with Crippen molar-refractivity contribution in [1.82, 2.24) is 4.57 Å². The van der Waals surface area contributed by atoms with Gasteiger partial charge in [-0.2, -0.15) is 0 Å². The summed E-state index contributed by atoms with van der Waals surface area (Å²) in [5, 5.41) is 9.49. The van der Waals surface area contributed by atoms with Crippen molar-refractivity contribution >= 4 is 5.97 Å². The van der Waals surface area contributed by atoms with Crippen molar-refractivity contribution in [2.24, 2.45) is 0 Å². The molecule has 5 rings (SSSR count). The number of aromatic carboxylic acids is 1. The normalized spacial score (nSPS) is 12.3. The zero-order chi connectivity index (χ0) is 20.0. The third-order valence-corrected chi connectivity index (χ3v) is 5.71. The topological polar surface area (TPSA) is 42.2 Å². The Kier molecular flexibility index (Phi) is 4.09. The summed E-state index contributed by atoms with van der Waals surface area (Å²) in [4.78, 5) is 11.6. The first-order chi connectivity index (χ1) is 14.1. The van der Waals surface area contributed by atoms with Crippen molar-refractivity contribution < 1.29 is 9.90 Å². The molecule has 0 aliphatic heterocycles. The molecule has 1 heterocycles. The highest BCUT2D eigenvalue weighted by molar-refractivity contribution is 5.88. The van der Waals surface area contributed by atoms with Crippen LogP contribution in [0.1, 0.15) is 27.2 Å². The molecule has 4 aromatic rings. The maximum absolute atomic E-state index is 11.6. The molecule has 0 saturated carbocycles. The highest BCUT2D eigenvalue weighted by Gasteiger charge is 2.24. The Morgan fingerprint density at radius 3 is 2.52 bits per heavy atom. The number of carboxylic acid groups (broad SMARTS) is 1. The Labute approximate surface area is 169 Å². The number of aromatic nitrogens is 1. The average Bonchev–Trinajstić information content (AvgIpc) is 3.14. The predicted octanol–water partition coefficient (Wildman–Crippen LogP) is 5.92. The summed E-state index contributed by atoms with van der Waals surface area (Å²) in [5.74, 6) is -0.907. The Balaban J connectivity index is 1.81. The number of carbonyl (C=O) groups is 1. The van der Waals surface area contributed by atoms with Gasteiger partial charge in [-0.1, -0.05) is 54.1 Å². The number of hydrogen-bond donors (Lipinski definition) is 1. The van der Waals surface area contributed by atoms with E-state index in [0.29, 0.717) is 5.56 Å². The second-order valence-corrected chi connectivity index (χ2v) is 7.61. The molecule has 0 radical (unpaired) electrons. The fourth-order valence-corrected chi connectivity index (χ4v) is 4.37. The predicted molar refractivity (Wildman–Crippen MR) is 116 cm³/mol. The molecule has 29 heavy (non-hydrogen) atoms. The quantitative estimate of drug-likeness (QED) is 0.480. The number of carboxylic acids is 1. The third kappa shape index (κ3) is 2.95. The largest absolute Gasteiger partial charge is 0.478 e. The van der Waals surface area contributed by atoms with Gasteiger partial charge in [-0.3, -0.25) is 0 Å². The van der Waals surface area contributed by atoms with E-state index in [1.165, 1.54) is 27.9 Å². The van der Waals surface area contributed by atoms with Gasteiger partial charge in [-0.05, 0) is 66.8 Å². The van der Waals surface area contributed by atoms with Gasteiger partial charge in [0, 0.05) is 16.9 Å². The molecular formula is C26H21NO2. The van der Waals surface area contributed by atoms with Crippen LogP contribution in [0.4, 0.5) is 0 Å². The minimum absolute atomic E-state index is 0.302. The minimum Gasteiger partial charge on any atom is -0.478 e. The van der Waals surface area contributed by atoms with Crippen LogP contribution in [-0.2, 0) is 12.8 Å². The molecule has 0 saturated heterocycles. The van der Waals surface area contributed by atoms with Gasteiger partial charge in [0.15, 0.2) is 0 Å². The van der Waals surface area contributed by atoms with E-state index in [1.54, 1.807) is 12.1 Å². The molecule has 1 aliphatic carbocycles. The summed E-state index contributed by atoms with van der Waals surface area (Å²) in [6.45, 7) is 2.09. The molecule has 0 bridgehead atoms. The highest BCUT2D eigenvalue weighted by Crippen LogP contribution is 2.40. The summed E-state index contributed by atoms with van der Waals surface area (Å²) in [6.07, 6.45) is 1.91. The lowest BCUT2D eigenvalue weighted by Gasteiger charge is -2.20. The third-order valence-electron chi connectivity index (χ3n) is 5.71. The van der Waals surface area contributed by atoms with Gasteiger partial charge in [0.2, 0.25) is 0 Å². The van der Waals surface area contributed by atoms with Crippen molar-refractivity contribution in [2.75, 3.05) is 0 Å². The van der Waals surface area contributed by atoms with Crippen LogP contribution in [0.15, 0.2) is 78.9 Å². The molecule has 3 aromatic carbocycles. The second-order valence-electron chi connectivity index (χ2n) is 7.61. The fraction of sp³-hybridized carbons (Fsp3) is 0.115. The summed E-state index contributed by atoms with van der Waals surface area (Å²) in [7, 11) is 0. The van der Waals surface area contributed by atoms with Gasteiger partial charge in [-0.15, -0.1) is 0 Å². The van der Waals surface area contributed by atoms with Gasteiger partial charge in [-0.25, -0.2) is 4.79 Å². The zero-order valence-electron chi connectivity index (χ0n) is 16.2. The number of aryl methyl sites for hydroxylation is 2. The van der Waals surface area contributed by atoms with Crippen LogP contribution < -0.4 is 0 Å². The lowest BCUT2D eigenvalue weighted by molar-refractivity contribution is 0.0697. The Morgan fingerprint density at radius 1 is 0.862 bits per heavy atom. The smallest absolute Gasteiger partial charge is 0.335 e. The van der Waals surface area contributed by atoms with Crippen molar-refractivity contribution in [3.05, 3.63) is 101 Å². The number of benzene rings is 3. The van der Waals surface area contributed by atoms with E-state index in [-0.39, 0.29) is 0 Å². The van der Waals surface area contributed by atoms with Gasteiger partial charge in [0.25, 0.3) is 0 Å². The molecule has 1 aromatic heterocycles. The first-order valence-electron chi connectivity index (χ1n) is 9.85. The van der Waals surface area contributed by atoms with Crippen molar-refractivity contribution in [3.63, 3.8) is 0 Å². The van der Waals surface area contributed by atoms with Crippen LogP contribution in [0.3, 0.4) is 0 Å². The maximum Gasteiger partial charge on any atom is 0.335 e. The van der Waals surface area contributed by atoms with Gasteiger partial charge in [0.05, 0.1) is 11.3 Å². The number of hydrogen-bond acceptors (Lipinski definition) is 1. The van der Waals surface area contributed by atoms with E-state index in [9.17, 15) is 9.90 Å². The summed E-state index contributed by atoms with van der Waals surface area (Å²) >= 11 is 0. The van der Waals surface area contributed by atoms with E-state index in [1.807, 2.05) is 12.1 Å². The summed E-state index contributed by atoms with van der Waals surface area (Å²) < 4.78 is 2.24. The Bertz CT molecular complexity index is 1250. The molecule has 1 aliphatic rings. The minimum atomic E-state index is -0.907. The van der Waals surface area contributed by atoms with Gasteiger partial charge in [0.1, 0.15) is 0 Å². The van der Waals surface area contributed by atoms with Crippen molar-refractivity contribution in [2.45, 2.75) is 19.8 Å². The molecule has 0 unspecified atom stereocenters. The molecule has 3 heteroatoms. The lowest BCUT2D eigenvalue weighted by Crippen LogP contribution is -2.09. The molecule has 0 spiro atoms. The van der Waals surface area contributed by atoms with E-state index in [2.05, 4.69) is 66.1 Å². The van der Waals surface area contributed by atoms with Crippen LogP contribution in [0, 0.1) is 6.92 Å².